The summed E-state index contributed by atoms with van der Waals surface area (Å²) in [6.45, 7) is 6.71. The predicted molar refractivity (Wildman–Crippen MR) is 80.7 cm³/mol. The smallest absolute Gasteiger partial charge is 0.123 e. The molecule has 0 amide bonds. The SMILES string of the molecule is COc1cc(C)ccc1C(C)NC1CCC(C)CC1. The first kappa shape index (κ1) is 14.4. The summed E-state index contributed by atoms with van der Waals surface area (Å²) in [6.07, 6.45) is 5.32. The van der Waals surface area contributed by atoms with E-state index in [1.165, 1.54) is 36.8 Å². The molecule has 1 aromatic carbocycles. The summed E-state index contributed by atoms with van der Waals surface area (Å²) >= 11 is 0. The molecule has 0 heterocycles. The highest BCUT2D eigenvalue weighted by Gasteiger charge is 2.21. The molecule has 1 aliphatic carbocycles. The first-order valence-corrected chi connectivity index (χ1v) is 7.50. The summed E-state index contributed by atoms with van der Waals surface area (Å²) in [7, 11) is 1.76. The van der Waals surface area contributed by atoms with Crippen LogP contribution >= 0.6 is 0 Å². The standard InChI is InChI=1S/C17H27NO/c1-12-5-8-15(9-6-12)18-14(3)16-10-7-13(2)11-17(16)19-4/h7,10-12,14-15,18H,5-6,8-9H2,1-4H3. The normalized spacial score (nSPS) is 25.1. The third-order valence-electron chi connectivity index (χ3n) is 4.36. The lowest BCUT2D eigenvalue weighted by atomic mass is 9.87. The molecule has 2 nitrogen and oxygen atoms in total. The average molecular weight is 261 g/mol. The zero-order valence-corrected chi connectivity index (χ0v) is 12.7. The largest absolute Gasteiger partial charge is 0.496 e. The number of aryl methyl sites for hydroxylation is 1. The summed E-state index contributed by atoms with van der Waals surface area (Å²) < 4.78 is 5.51. The minimum absolute atomic E-state index is 0.356. The molecule has 0 spiro atoms. The summed E-state index contributed by atoms with van der Waals surface area (Å²) in [5.74, 6) is 1.91. The monoisotopic (exact) mass is 261 g/mol. The summed E-state index contributed by atoms with van der Waals surface area (Å²) in [6, 6.07) is 7.50. The topological polar surface area (TPSA) is 21.3 Å². The Labute approximate surface area is 117 Å². The van der Waals surface area contributed by atoms with Gasteiger partial charge in [0.05, 0.1) is 7.11 Å². The van der Waals surface area contributed by atoms with Crippen molar-refractivity contribution < 1.29 is 4.74 Å². The van der Waals surface area contributed by atoms with Crippen LogP contribution in [-0.4, -0.2) is 13.2 Å². The van der Waals surface area contributed by atoms with Crippen LogP contribution in [0.15, 0.2) is 18.2 Å². The van der Waals surface area contributed by atoms with Crippen molar-refractivity contribution in [3.05, 3.63) is 29.3 Å². The van der Waals surface area contributed by atoms with Gasteiger partial charge in [0.15, 0.2) is 0 Å². The van der Waals surface area contributed by atoms with Crippen molar-refractivity contribution in [2.24, 2.45) is 5.92 Å². The van der Waals surface area contributed by atoms with Crippen LogP contribution in [0.3, 0.4) is 0 Å². The molecular formula is C17H27NO. The molecule has 2 rings (SSSR count). The van der Waals surface area contributed by atoms with E-state index in [2.05, 4.69) is 44.3 Å². The number of hydrogen-bond donors (Lipinski definition) is 1. The second kappa shape index (κ2) is 6.42. The van der Waals surface area contributed by atoms with Gasteiger partial charge >= 0.3 is 0 Å². The number of hydrogen-bond acceptors (Lipinski definition) is 2. The molecule has 0 bridgehead atoms. The highest BCUT2D eigenvalue weighted by Crippen LogP contribution is 2.29. The van der Waals surface area contributed by atoms with E-state index in [4.69, 9.17) is 4.74 Å². The molecule has 1 fully saturated rings. The lowest BCUT2D eigenvalue weighted by molar-refractivity contribution is 0.289. The van der Waals surface area contributed by atoms with E-state index >= 15 is 0 Å². The molecule has 1 saturated carbocycles. The maximum atomic E-state index is 5.51. The van der Waals surface area contributed by atoms with Gasteiger partial charge in [-0.05, 0) is 57.1 Å². The Morgan fingerprint density at radius 3 is 2.53 bits per heavy atom. The second-order valence-electron chi connectivity index (χ2n) is 6.09. The predicted octanol–water partition coefficient (Wildman–Crippen LogP) is 4.23. The number of benzene rings is 1. The first-order chi connectivity index (χ1) is 9.10. The van der Waals surface area contributed by atoms with Crippen molar-refractivity contribution in [2.45, 2.75) is 58.5 Å². The Morgan fingerprint density at radius 2 is 1.89 bits per heavy atom. The van der Waals surface area contributed by atoms with Crippen molar-refractivity contribution in [1.82, 2.24) is 5.32 Å². The van der Waals surface area contributed by atoms with Gasteiger partial charge in [-0.15, -0.1) is 0 Å². The van der Waals surface area contributed by atoms with Gasteiger partial charge < -0.3 is 10.1 Å². The van der Waals surface area contributed by atoms with Crippen LogP contribution in [0.5, 0.6) is 5.75 Å². The fourth-order valence-electron chi connectivity index (χ4n) is 3.05. The van der Waals surface area contributed by atoms with E-state index < -0.39 is 0 Å². The fourth-order valence-corrected chi connectivity index (χ4v) is 3.05. The molecule has 106 valence electrons. The maximum absolute atomic E-state index is 5.51. The molecule has 0 saturated heterocycles. The number of nitrogens with one attached hydrogen (secondary N) is 1. The Bertz CT molecular complexity index is 408. The third kappa shape index (κ3) is 3.73. The number of methoxy groups -OCH3 is 1. The molecule has 1 aliphatic rings. The molecule has 0 aromatic heterocycles. The first-order valence-electron chi connectivity index (χ1n) is 7.50. The summed E-state index contributed by atoms with van der Waals surface area (Å²) in [5.41, 5.74) is 2.52. The number of rotatable bonds is 4. The molecule has 0 aliphatic heterocycles. The molecule has 2 heteroatoms. The minimum Gasteiger partial charge on any atom is -0.496 e. The average Bonchev–Trinajstić information content (AvgIpc) is 2.41. The van der Waals surface area contributed by atoms with Gasteiger partial charge in [-0.3, -0.25) is 0 Å². The quantitative estimate of drug-likeness (QED) is 0.875. The van der Waals surface area contributed by atoms with Gasteiger partial charge in [-0.25, -0.2) is 0 Å². The molecule has 1 N–H and O–H groups in total. The van der Waals surface area contributed by atoms with Gasteiger partial charge in [0, 0.05) is 17.6 Å². The van der Waals surface area contributed by atoms with E-state index in [0.29, 0.717) is 12.1 Å². The van der Waals surface area contributed by atoms with Gasteiger partial charge in [0.25, 0.3) is 0 Å². The second-order valence-corrected chi connectivity index (χ2v) is 6.09. The van der Waals surface area contributed by atoms with Crippen molar-refractivity contribution in [3.8, 4) is 5.75 Å². The van der Waals surface area contributed by atoms with Crippen LogP contribution in [0.25, 0.3) is 0 Å². The van der Waals surface area contributed by atoms with Crippen LogP contribution < -0.4 is 10.1 Å². The Hall–Kier alpha value is -1.02. The summed E-state index contributed by atoms with van der Waals surface area (Å²) in [4.78, 5) is 0. The van der Waals surface area contributed by atoms with E-state index in [1.54, 1.807) is 7.11 Å². The number of ether oxygens (including phenoxy) is 1. The molecular weight excluding hydrogens is 234 g/mol. The lowest BCUT2D eigenvalue weighted by Gasteiger charge is -2.30. The Morgan fingerprint density at radius 1 is 1.21 bits per heavy atom. The summed E-state index contributed by atoms with van der Waals surface area (Å²) in [5, 5.41) is 3.77. The van der Waals surface area contributed by atoms with Crippen molar-refractivity contribution in [1.29, 1.82) is 0 Å². The third-order valence-corrected chi connectivity index (χ3v) is 4.36. The van der Waals surface area contributed by atoms with Crippen LogP contribution in [0.2, 0.25) is 0 Å². The van der Waals surface area contributed by atoms with E-state index in [1.807, 2.05) is 0 Å². The fraction of sp³-hybridized carbons (Fsp3) is 0.647. The van der Waals surface area contributed by atoms with E-state index in [-0.39, 0.29) is 0 Å². The van der Waals surface area contributed by atoms with Crippen LogP contribution in [0.1, 0.15) is 56.7 Å². The molecule has 19 heavy (non-hydrogen) atoms. The van der Waals surface area contributed by atoms with Crippen molar-refractivity contribution >= 4 is 0 Å². The van der Waals surface area contributed by atoms with Crippen molar-refractivity contribution in [2.75, 3.05) is 7.11 Å². The van der Waals surface area contributed by atoms with Gasteiger partial charge in [-0.1, -0.05) is 19.1 Å². The van der Waals surface area contributed by atoms with Crippen LogP contribution in [0, 0.1) is 12.8 Å². The molecule has 1 atom stereocenters. The van der Waals surface area contributed by atoms with E-state index in [9.17, 15) is 0 Å². The Kier molecular flexibility index (Phi) is 4.87. The molecule has 0 radical (unpaired) electrons. The van der Waals surface area contributed by atoms with Crippen molar-refractivity contribution in [3.63, 3.8) is 0 Å². The van der Waals surface area contributed by atoms with Gasteiger partial charge in [0.1, 0.15) is 5.75 Å². The Balaban J connectivity index is 2.01. The van der Waals surface area contributed by atoms with E-state index in [0.717, 1.165) is 11.7 Å². The molecule has 1 unspecified atom stereocenters. The van der Waals surface area contributed by atoms with Gasteiger partial charge in [0.2, 0.25) is 0 Å². The van der Waals surface area contributed by atoms with Crippen LogP contribution in [0.4, 0.5) is 0 Å². The minimum atomic E-state index is 0.356. The highest BCUT2D eigenvalue weighted by molar-refractivity contribution is 5.39. The zero-order valence-electron chi connectivity index (χ0n) is 12.7. The highest BCUT2D eigenvalue weighted by atomic mass is 16.5. The lowest BCUT2D eigenvalue weighted by Crippen LogP contribution is -2.34. The van der Waals surface area contributed by atoms with Crippen LogP contribution in [-0.2, 0) is 0 Å². The zero-order chi connectivity index (χ0) is 13.8. The molecule has 1 aromatic rings. The van der Waals surface area contributed by atoms with Gasteiger partial charge in [-0.2, -0.15) is 0 Å². The maximum Gasteiger partial charge on any atom is 0.123 e.